The first-order valence-electron chi connectivity index (χ1n) is 12.6. The van der Waals surface area contributed by atoms with Crippen LogP contribution in [0.25, 0.3) is 17.4 Å². The summed E-state index contributed by atoms with van der Waals surface area (Å²) in [4.78, 5) is 43.9. The highest BCUT2D eigenvalue weighted by Gasteiger charge is 2.33. The first-order chi connectivity index (χ1) is 19.7. The second-order valence-corrected chi connectivity index (χ2v) is 10.8. The molecule has 0 saturated carbocycles. The molecule has 210 valence electrons. The molecule has 0 amide bonds. The quantitative estimate of drug-likeness (QED) is 0.272. The number of rotatable bonds is 7. The molecule has 2 aromatic carbocycles. The van der Waals surface area contributed by atoms with Gasteiger partial charge in [-0.15, -0.1) is 0 Å². The summed E-state index contributed by atoms with van der Waals surface area (Å²) in [6.45, 7) is 3.64. The van der Waals surface area contributed by atoms with Gasteiger partial charge >= 0.3 is 11.9 Å². The van der Waals surface area contributed by atoms with Crippen LogP contribution in [0.1, 0.15) is 41.6 Å². The van der Waals surface area contributed by atoms with Crippen molar-refractivity contribution in [2.24, 2.45) is 4.99 Å². The minimum absolute atomic E-state index is 0.183. The van der Waals surface area contributed by atoms with Gasteiger partial charge in [0.1, 0.15) is 17.3 Å². The van der Waals surface area contributed by atoms with Crippen molar-refractivity contribution in [2.75, 3.05) is 20.8 Å². The van der Waals surface area contributed by atoms with Gasteiger partial charge in [0, 0.05) is 11.6 Å². The molecule has 0 radical (unpaired) electrons. The van der Waals surface area contributed by atoms with Crippen LogP contribution in [0.3, 0.4) is 0 Å². The molecule has 3 heterocycles. The molecule has 4 aromatic rings. The number of hydrogen-bond acceptors (Lipinski definition) is 9. The first-order valence-corrected chi connectivity index (χ1v) is 14.2. The Morgan fingerprint density at radius 3 is 2.63 bits per heavy atom. The number of fused-ring (bicyclic) bond motifs is 1. The van der Waals surface area contributed by atoms with E-state index in [0.717, 1.165) is 0 Å². The zero-order valence-corrected chi connectivity index (χ0v) is 25.0. The van der Waals surface area contributed by atoms with Crippen molar-refractivity contribution in [3.63, 3.8) is 0 Å². The van der Waals surface area contributed by atoms with Crippen LogP contribution in [0.15, 0.2) is 84.5 Å². The Bertz CT molecular complexity index is 1880. The highest BCUT2D eigenvalue weighted by Crippen LogP contribution is 2.35. The van der Waals surface area contributed by atoms with E-state index in [1.165, 1.54) is 23.0 Å². The maximum Gasteiger partial charge on any atom is 0.338 e. The second-order valence-electron chi connectivity index (χ2n) is 8.97. The summed E-state index contributed by atoms with van der Waals surface area (Å²) in [6.07, 6.45) is 1.64. The van der Waals surface area contributed by atoms with Crippen LogP contribution < -0.4 is 19.6 Å². The Morgan fingerprint density at radius 2 is 1.93 bits per heavy atom. The summed E-state index contributed by atoms with van der Waals surface area (Å²) < 4.78 is 24.1. The smallest absolute Gasteiger partial charge is 0.338 e. The molecule has 1 atom stereocenters. The van der Waals surface area contributed by atoms with Gasteiger partial charge < -0.3 is 18.6 Å². The van der Waals surface area contributed by atoms with Gasteiger partial charge in [0.25, 0.3) is 5.56 Å². The summed E-state index contributed by atoms with van der Waals surface area (Å²) in [5, 5.41) is 0. The van der Waals surface area contributed by atoms with E-state index in [4.69, 9.17) is 18.6 Å². The molecular formula is C30H25BrN2O7S. The van der Waals surface area contributed by atoms with E-state index in [1.807, 2.05) is 18.2 Å². The Labute approximate surface area is 247 Å². The highest BCUT2D eigenvalue weighted by atomic mass is 79.9. The lowest BCUT2D eigenvalue weighted by Gasteiger charge is -2.25. The molecule has 11 heteroatoms. The summed E-state index contributed by atoms with van der Waals surface area (Å²) in [6, 6.07) is 15.0. The number of furan rings is 1. The maximum absolute atomic E-state index is 13.8. The molecule has 0 aliphatic carbocycles. The van der Waals surface area contributed by atoms with Crippen LogP contribution in [0.2, 0.25) is 0 Å². The van der Waals surface area contributed by atoms with E-state index in [-0.39, 0.29) is 17.7 Å². The Morgan fingerprint density at radius 1 is 1.12 bits per heavy atom. The minimum Gasteiger partial charge on any atom is -0.496 e. The van der Waals surface area contributed by atoms with E-state index < -0.39 is 18.0 Å². The molecule has 2 aromatic heterocycles. The summed E-state index contributed by atoms with van der Waals surface area (Å²) in [5.74, 6) is 0.598. The van der Waals surface area contributed by atoms with Crippen molar-refractivity contribution in [2.45, 2.75) is 19.9 Å². The van der Waals surface area contributed by atoms with E-state index in [9.17, 15) is 14.4 Å². The lowest BCUT2D eigenvalue weighted by Crippen LogP contribution is -2.39. The molecule has 0 bridgehead atoms. The number of carbonyl (C=O) groups is 2. The molecule has 1 aliphatic rings. The van der Waals surface area contributed by atoms with E-state index in [0.29, 0.717) is 53.5 Å². The van der Waals surface area contributed by atoms with Crippen LogP contribution in [0.5, 0.6) is 5.75 Å². The van der Waals surface area contributed by atoms with Gasteiger partial charge in [-0.2, -0.15) is 0 Å². The fourth-order valence-corrected chi connectivity index (χ4v) is 6.18. The lowest BCUT2D eigenvalue weighted by atomic mass is 9.96. The summed E-state index contributed by atoms with van der Waals surface area (Å²) in [5.41, 5.74) is 2.20. The SMILES string of the molecule is CCOC(=O)C1=C(C)N=c2sc(=Cc3ccc(-c4cccc(C(=O)OC)c4)o3)c(=O)n2C1c1ccc(OC)c(Br)c1. The second kappa shape index (κ2) is 11.7. The molecule has 0 saturated heterocycles. The molecule has 1 unspecified atom stereocenters. The van der Waals surface area contributed by atoms with Crippen molar-refractivity contribution in [1.29, 1.82) is 0 Å². The first kappa shape index (κ1) is 28.3. The predicted octanol–water partition coefficient (Wildman–Crippen LogP) is 4.62. The molecule has 5 rings (SSSR count). The molecular weight excluding hydrogens is 612 g/mol. The molecule has 9 nitrogen and oxygen atoms in total. The topological polar surface area (TPSA) is 109 Å². The van der Waals surface area contributed by atoms with Crippen molar-refractivity contribution >= 4 is 45.3 Å². The number of ether oxygens (including phenoxy) is 3. The highest BCUT2D eigenvalue weighted by molar-refractivity contribution is 9.10. The molecule has 0 fully saturated rings. The minimum atomic E-state index is -0.761. The lowest BCUT2D eigenvalue weighted by molar-refractivity contribution is -0.139. The number of thiazole rings is 1. The van der Waals surface area contributed by atoms with Crippen molar-refractivity contribution in [1.82, 2.24) is 4.57 Å². The number of nitrogens with zero attached hydrogens (tertiary/aromatic N) is 2. The number of methoxy groups -OCH3 is 2. The van der Waals surface area contributed by atoms with Gasteiger partial charge in [-0.25, -0.2) is 14.6 Å². The normalized spacial score (nSPS) is 14.9. The number of halogens is 1. The molecule has 41 heavy (non-hydrogen) atoms. The van der Waals surface area contributed by atoms with Gasteiger partial charge in [-0.05, 0) is 71.7 Å². The predicted molar refractivity (Wildman–Crippen MR) is 157 cm³/mol. The van der Waals surface area contributed by atoms with Crippen LogP contribution in [0, 0.1) is 0 Å². The average molecular weight is 638 g/mol. The zero-order chi connectivity index (χ0) is 29.3. The summed E-state index contributed by atoms with van der Waals surface area (Å²) >= 11 is 4.71. The van der Waals surface area contributed by atoms with Crippen molar-refractivity contribution in [3.8, 4) is 17.1 Å². The third-order valence-corrected chi connectivity index (χ3v) is 8.08. The Balaban J connectivity index is 1.61. The Hall–Kier alpha value is -4.22. The van der Waals surface area contributed by atoms with E-state index in [2.05, 4.69) is 20.9 Å². The number of hydrogen-bond donors (Lipinski definition) is 0. The van der Waals surface area contributed by atoms with Gasteiger partial charge in [0.15, 0.2) is 4.80 Å². The Kier molecular flexibility index (Phi) is 8.09. The molecule has 0 spiro atoms. The zero-order valence-electron chi connectivity index (χ0n) is 22.6. The van der Waals surface area contributed by atoms with Gasteiger partial charge in [0.05, 0.1) is 52.7 Å². The number of carbonyl (C=O) groups excluding carboxylic acids is 2. The number of benzene rings is 2. The monoisotopic (exact) mass is 636 g/mol. The average Bonchev–Trinajstić information content (AvgIpc) is 3.56. The van der Waals surface area contributed by atoms with E-state index in [1.54, 1.807) is 63.4 Å². The van der Waals surface area contributed by atoms with Crippen LogP contribution in [-0.2, 0) is 14.3 Å². The molecule has 0 N–H and O–H groups in total. The largest absolute Gasteiger partial charge is 0.496 e. The van der Waals surface area contributed by atoms with Gasteiger partial charge in [0.2, 0.25) is 0 Å². The van der Waals surface area contributed by atoms with Crippen molar-refractivity contribution in [3.05, 3.63) is 107 Å². The van der Waals surface area contributed by atoms with Crippen LogP contribution in [-0.4, -0.2) is 37.3 Å². The fraction of sp³-hybridized carbons (Fsp3) is 0.200. The molecule has 1 aliphatic heterocycles. The fourth-order valence-electron chi connectivity index (χ4n) is 4.59. The van der Waals surface area contributed by atoms with E-state index >= 15 is 0 Å². The van der Waals surface area contributed by atoms with Crippen LogP contribution >= 0.6 is 27.3 Å². The maximum atomic E-state index is 13.8. The standard InChI is InChI=1S/C30H25BrN2O7S/c1-5-39-29(36)25-16(2)32-30-33(26(25)18-9-11-23(37-3)21(31)14-18)27(34)24(41-30)15-20-10-12-22(40-20)17-7-6-8-19(13-17)28(35)38-4/h6-15,26H,5H2,1-4H3. The summed E-state index contributed by atoms with van der Waals surface area (Å²) in [7, 11) is 2.89. The van der Waals surface area contributed by atoms with Gasteiger partial charge in [-0.1, -0.05) is 29.5 Å². The number of allylic oxidation sites excluding steroid dienone is 1. The van der Waals surface area contributed by atoms with Crippen molar-refractivity contribution < 1.29 is 28.2 Å². The van der Waals surface area contributed by atoms with Crippen LogP contribution in [0.4, 0.5) is 0 Å². The third-order valence-electron chi connectivity index (χ3n) is 6.48. The van der Waals surface area contributed by atoms with Gasteiger partial charge in [-0.3, -0.25) is 9.36 Å². The number of aromatic nitrogens is 1. The number of esters is 2. The third kappa shape index (κ3) is 5.42.